The number of methoxy groups -OCH3 is 1. The molecular weight excluding hydrogens is 523 g/mol. The molecule has 1 aliphatic heterocycles. The Hall–Kier alpha value is -5.07. The Morgan fingerprint density at radius 3 is 2.60 bits per heavy atom. The molecule has 1 saturated heterocycles. The van der Waals surface area contributed by atoms with Gasteiger partial charge in [0.25, 0.3) is 5.91 Å². The quantitative estimate of drug-likeness (QED) is 0.284. The van der Waals surface area contributed by atoms with Gasteiger partial charge in [0.15, 0.2) is 11.6 Å². The molecule has 0 aliphatic carbocycles. The van der Waals surface area contributed by atoms with E-state index in [0.717, 1.165) is 0 Å². The van der Waals surface area contributed by atoms with Crippen molar-refractivity contribution in [2.75, 3.05) is 50.1 Å². The summed E-state index contributed by atoms with van der Waals surface area (Å²) in [5.74, 6) is 0.0450. The van der Waals surface area contributed by atoms with E-state index in [1.165, 1.54) is 31.6 Å². The van der Waals surface area contributed by atoms with Gasteiger partial charge in [-0.15, -0.1) is 0 Å². The maximum absolute atomic E-state index is 15.1. The van der Waals surface area contributed by atoms with Crippen LogP contribution in [0.3, 0.4) is 0 Å². The minimum atomic E-state index is -0.570. The fraction of sp³-hybridized carbons (Fsp3) is 0.259. The van der Waals surface area contributed by atoms with Crippen molar-refractivity contribution in [3.05, 3.63) is 71.9 Å². The van der Waals surface area contributed by atoms with Crippen molar-refractivity contribution < 1.29 is 32.9 Å². The van der Waals surface area contributed by atoms with Crippen LogP contribution in [0.1, 0.15) is 16.1 Å². The van der Waals surface area contributed by atoms with Gasteiger partial charge in [0.1, 0.15) is 29.3 Å². The number of hydrogen-bond donors (Lipinski definition) is 3. The van der Waals surface area contributed by atoms with Crippen molar-refractivity contribution in [2.45, 2.75) is 6.54 Å². The first-order valence-corrected chi connectivity index (χ1v) is 12.5. The predicted octanol–water partition coefficient (Wildman–Crippen LogP) is 2.87. The molecule has 4 aromatic rings. The van der Waals surface area contributed by atoms with Crippen LogP contribution in [0.4, 0.5) is 15.9 Å². The molecule has 1 fully saturated rings. The van der Waals surface area contributed by atoms with E-state index >= 15 is 4.39 Å². The van der Waals surface area contributed by atoms with E-state index in [9.17, 15) is 14.7 Å². The number of halogens is 1. The lowest BCUT2D eigenvalue weighted by atomic mass is 10.1. The first-order chi connectivity index (χ1) is 19.4. The largest absolute Gasteiger partial charge is 0.507 e. The topological polar surface area (TPSA) is 146 Å². The molecular formula is C27H27FN6O6. The fourth-order valence-corrected chi connectivity index (χ4v) is 4.33. The van der Waals surface area contributed by atoms with Crippen LogP contribution < -0.4 is 20.3 Å². The van der Waals surface area contributed by atoms with E-state index in [0.29, 0.717) is 67.0 Å². The van der Waals surface area contributed by atoms with Crippen LogP contribution >= 0.6 is 0 Å². The van der Waals surface area contributed by atoms with Gasteiger partial charge >= 0.3 is 0 Å². The number of benzene rings is 2. The third-order valence-electron chi connectivity index (χ3n) is 6.51. The lowest BCUT2D eigenvalue weighted by Gasteiger charge is -2.36. The molecule has 3 N–H and O–H groups in total. The van der Waals surface area contributed by atoms with Crippen molar-refractivity contribution in [3.8, 4) is 22.8 Å². The number of piperazine rings is 1. The van der Waals surface area contributed by atoms with E-state index in [1.54, 1.807) is 35.2 Å². The van der Waals surface area contributed by atoms with Crippen LogP contribution in [0, 0.1) is 5.82 Å². The number of rotatable bonds is 9. The molecule has 12 nitrogen and oxygen atoms in total. The Labute approximate surface area is 228 Å². The van der Waals surface area contributed by atoms with Gasteiger partial charge in [-0.25, -0.2) is 4.39 Å². The van der Waals surface area contributed by atoms with Crippen LogP contribution in [0.25, 0.3) is 11.3 Å². The molecule has 40 heavy (non-hydrogen) atoms. The smallest absolute Gasteiger partial charge is 0.255 e. The lowest BCUT2D eigenvalue weighted by molar-refractivity contribution is -0.130. The number of aromatic hydroxyl groups is 1. The van der Waals surface area contributed by atoms with Crippen molar-refractivity contribution in [3.63, 3.8) is 0 Å². The molecule has 1 aliphatic rings. The number of carbonyl (C=O) groups excluding carboxylic acids is 2. The molecule has 2 aromatic heterocycles. The van der Waals surface area contributed by atoms with Gasteiger partial charge in [0.05, 0.1) is 31.5 Å². The predicted molar refractivity (Wildman–Crippen MR) is 142 cm³/mol. The summed E-state index contributed by atoms with van der Waals surface area (Å²) < 4.78 is 30.2. The summed E-state index contributed by atoms with van der Waals surface area (Å²) in [5.41, 5.74) is 1.55. The summed E-state index contributed by atoms with van der Waals surface area (Å²) in [6.07, 6.45) is 1.45. The van der Waals surface area contributed by atoms with Crippen molar-refractivity contribution >= 4 is 23.3 Å². The average molecular weight is 551 g/mol. The van der Waals surface area contributed by atoms with Gasteiger partial charge in [-0.2, -0.15) is 0 Å². The van der Waals surface area contributed by atoms with Crippen LogP contribution in [-0.4, -0.2) is 72.0 Å². The van der Waals surface area contributed by atoms with Gasteiger partial charge in [-0.05, 0) is 24.3 Å². The highest BCUT2D eigenvalue weighted by atomic mass is 19.1. The Morgan fingerprint density at radius 1 is 1.07 bits per heavy atom. The number of aromatic nitrogens is 2. The minimum absolute atomic E-state index is 0.0439. The van der Waals surface area contributed by atoms with Crippen LogP contribution in [0.15, 0.2) is 63.8 Å². The summed E-state index contributed by atoms with van der Waals surface area (Å²) in [4.78, 5) is 28.5. The zero-order valence-electron chi connectivity index (χ0n) is 21.6. The highest BCUT2D eigenvalue weighted by Crippen LogP contribution is 2.28. The second-order valence-corrected chi connectivity index (χ2v) is 9.02. The van der Waals surface area contributed by atoms with Crippen molar-refractivity contribution in [2.24, 2.45) is 0 Å². The molecule has 208 valence electrons. The summed E-state index contributed by atoms with van der Waals surface area (Å²) >= 11 is 0. The van der Waals surface area contributed by atoms with Gasteiger partial charge in [0, 0.05) is 49.9 Å². The van der Waals surface area contributed by atoms with Crippen LogP contribution in [0.5, 0.6) is 11.5 Å². The number of nitrogens with one attached hydrogen (secondary N) is 2. The normalized spacial score (nSPS) is 13.2. The molecule has 0 saturated carbocycles. The molecule has 0 bridgehead atoms. The fourth-order valence-electron chi connectivity index (χ4n) is 4.33. The molecule has 0 radical (unpaired) electrons. The molecule has 13 heteroatoms. The highest BCUT2D eigenvalue weighted by Gasteiger charge is 2.24. The van der Waals surface area contributed by atoms with Gasteiger partial charge in [0.2, 0.25) is 5.91 Å². The first kappa shape index (κ1) is 26.5. The Balaban J connectivity index is 1.12. The summed E-state index contributed by atoms with van der Waals surface area (Å²) in [6.45, 7) is 1.72. The zero-order valence-corrected chi connectivity index (χ0v) is 21.6. The van der Waals surface area contributed by atoms with Gasteiger partial charge in [-0.1, -0.05) is 16.4 Å². The Kier molecular flexibility index (Phi) is 7.80. The third-order valence-corrected chi connectivity index (χ3v) is 6.51. The number of ether oxygens (including phenoxy) is 1. The number of nitrogens with zero attached hydrogens (tertiary/aromatic N) is 4. The maximum atomic E-state index is 15.1. The van der Waals surface area contributed by atoms with Crippen LogP contribution in [-0.2, 0) is 11.3 Å². The molecule has 0 atom stereocenters. The van der Waals surface area contributed by atoms with E-state index in [2.05, 4.69) is 20.9 Å². The van der Waals surface area contributed by atoms with Crippen molar-refractivity contribution in [1.82, 2.24) is 20.5 Å². The monoisotopic (exact) mass is 550 g/mol. The number of phenols is 1. The average Bonchev–Trinajstić information content (AvgIpc) is 3.67. The van der Waals surface area contributed by atoms with Crippen LogP contribution in [0.2, 0.25) is 0 Å². The molecule has 2 amide bonds. The highest BCUT2D eigenvalue weighted by molar-refractivity contribution is 5.98. The molecule has 2 aromatic carbocycles. The number of carbonyl (C=O) groups is 2. The summed E-state index contributed by atoms with van der Waals surface area (Å²) in [5, 5.41) is 23.4. The first-order valence-electron chi connectivity index (χ1n) is 12.5. The van der Waals surface area contributed by atoms with E-state index in [4.69, 9.17) is 13.8 Å². The second kappa shape index (κ2) is 11.8. The van der Waals surface area contributed by atoms with Gasteiger partial charge < -0.3 is 39.3 Å². The molecule has 0 unspecified atom stereocenters. The Morgan fingerprint density at radius 2 is 1.90 bits per heavy atom. The summed E-state index contributed by atoms with van der Waals surface area (Å²) in [7, 11) is 1.45. The van der Waals surface area contributed by atoms with Crippen molar-refractivity contribution in [1.29, 1.82) is 0 Å². The second-order valence-electron chi connectivity index (χ2n) is 9.02. The lowest BCUT2D eigenvalue weighted by Crippen LogP contribution is -2.51. The number of phenolic OH excluding ortho intramolecular Hbond substituents is 1. The SMILES string of the molecule is COc1ccc(C(=O)NCC(=O)N2CCN(c3ccc(-c4cc(CNc5ccon5)on4)cc3F)CC2)c(O)c1. The number of hydrogen-bond acceptors (Lipinski definition) is 10. The zero-order chi connectivity index (χ0) is 28.1. The van der Waals surface area contributed by atoms with E-state index in [-0.39, 0.29) is 23.8 Å². The number of amides is 2. The molecule has 0 spiro atoms. The maximum Gasteiger partial charge on any atom is 0.255 e. The van der Waals surface area contributed by atoms with E-state index < -0.39 is 11.7 Å². The summed E-state index contributed by atoms with van der Waals surface area (Å²) in [6, 6.07) is 12.6. The third kappa shape index (κ3) is 5.98. The standard InChI is InChI=1S/C27H27FN6O6/c1-38-18-3-4-20(24(35)14-18)27(37)30-16-26(36)34-9-7-33(8-10-34)23-5-2-17(12-21(23)28)22-13-19(40-31-22)15-29-25-6-11-39-32-25/h2-6,11-14,35H,7-10,15-16H2,1H3,(H,29,32)(H,30,37). The van der Waals surface area contributed by atoms with E-state index in [1.807, 2.05) is 4.90 Å². The Bertz CT molecular complexity index is 1480. The molecule has 3 heterocycles. The minimum Gasteiger partial charge on any atom is -0.507 e. The van der Waals surface area contributed by atoms with Gasteiger partial charge in [-0.3, -0.25) is 9.59 Å². The number of anilines is 2. The molecule has 5 rings (SSSR count).